The molecular formula is C18H23N3O2S. The van der Waals surface area contributed by atoms with E-state index in [1.165, 1.54) is 10.5 Å². The minimum Gasteiger partial charge on any atom is -0.340 e. The van der Waals surface area contributed by atoms with Crippen LogP contribution in [0.5, 0.6) is 0 Å². The van der Waals surface area contributed by atoms with Gasteiger partial charge in [0.25, 0.3) is 0 Å². The van der Waals surface area contributed by atoms with Gasteiger partial charge in [-0.2, -0.15) is 0 Å². The zero-order valence-electron chi connectivity index (χ0n) is 13.7. The van der Waals surface area contributed by atoms with Gasteiger partial charge in [-0.3, -0.25) is 9.59 Å². The molecule has 5 nitrogen and oxygen atoms in total. The van der Waals surface area contributed by atoms with Crippen LogP contribution in [0.4, 0.5) is 0 Å². The van der Waals surface area contributed by atoms with Crippen LogP contribution in [-0.4, -0.2) is 66.1 Å². The molecule has 0 spiro atoms. The van der Waals surface area contributed by atoms with Crippen LogP contribution in [0.3, 0.4) is 0 Å². The van der Waals surface area contributed by atoms with E-state index in [1.807, 2.05) is 21.9 Å². The van der Waals surface area contributed by atoms with Gasteiger partial charge in [0.05, 0.1) is 12.5 Å². The highest BCUT2D eigenvalue weighted by molar-refractivity contribution is 7.99. The Morgan fingerprint density at radius 2 is 2.12 bits per heavy atom. The van der Waals surface area contributed by atoms with Crippen molar-refractivity contribution in [3.05, 3.63) is 29.8 Å². The molecule has 6 heteroatoms. The van der Waals surface area contributed by atoms with Crippen molar-refractivity contribution in [2.24, 2.45) is 0 Å². The van der Waals surface area contributed by atoms with Gasteiger partial charge in [-0.1, -0.05) is 18.2 Å². The Labute approximate surface area is 146 Å². The SMILES string of the molecule is O=C(C1CSc2ccccc21)N1CCCC(N2CCNCC2=O)C1. The number of thioether (sulfide) groups is 1. The summed E-state index contributed by atoms with van der Waals surface area (Å²) in [7, 11) is 0. The first-order valence-corrected chi connectivity index (χ1v) is 9.73. The zero-order valence-corrected chi connectivity index (χ0v) is 14.6. The molecule has 2 saturated heterocycles. The Hall–Kier alpha value is -1.53. The van der Waals surface area contributed by atoms with Gasteiger partial charge in [0.2, 0.25) is 11.8 Å². The molecule has 0 aliphatic carbocycles. The third-order valence-electron chi connectivity index (χ3n) is 5.27. The summed E-state index contributed by atoms with van der Waals surface area (Å²) in [5.74, 6) is 1.22. The second-order valence-corrected chi connectivity index (χ2v) is 7.81. The van der Waals surface area contributed by atoms with Crippen molar-refractivity contribution >= 4 is 23.6 Å². The standard InChI is InChI=1S/C18H23N3O2S/c22-17-10-19-7-9-21(17)13-4-3-8-20(11-13)18(23)15-12-24-16-6-2-1-5-14(15)16/h1-2,5-6,13,15,19H,3-4,7-12H2. The smallest absolute Gasteiger partial charge is 0.236 e. The first kappa shape index (κ1) is 16.0. The highest BCUT2D eigenvalue weighted by Crippen LogP contribution is 2.40. The van der Waals surface area contributed by atoms with Gasteiger partial charge in [0.15, 0.2) is 0 Å². The number of piperazine rings is 1. The number of piperidine rings is 1. The highest BCUT2D eigenvalue weighted by Gasteiger charge is 2.36. The Bertz CT molecular complexity index is 651. The van der Waals surface area contributed by atoms with E-state index in [1.54, 1.807) is 11.8 Å². The van der Waals surface area contributed by atoms with Gasteiger partial charge in [-0.15, -0.1) is 11.8 Å². The molecule has 1 N–H and O–H groups in total. The average Bonchev–Trinajstić information content (AvgIpc) is 3.06. The third kappa shape index (κ3) is 2.93. The van der Waals surface area contributed by atoms with E-state index in [2.05, 4.69) is 17.4 Å². The van der Waals surface area contributed by atoms with E-state index in [0.717, 1.165) is 38.2 Å². The maximum Gasteiger partial charge on any atom is 0.236 e. The largest absolute Gasteiger partial charge is 0.340 e. The molecule has 1 aromatic carbocycles. The number of fused-ring (bicyclic) bond motifs is 1. The number of hydrogen-bond acceptors (Lipinski definition) is 4. The van der Waals surface area contributed by atoms with Crippen LogP contribution in [0.2, 0.25) is 0 Å². The predicted octanol–water partition coefficient (Wildman–Crippen LogP) is 1.30. The van der Waals surface area contributed by atoms with Crippen LogP contribution >= 0.6 is 11.8 Å². The summed E-state index contributed by atoms with van der Waals surface area (Å²) in [5.41, 5.74) is 1.17. The van der Waals surface area contributed by atoms with Gasteiger partial charge >= 0.3 is 0 Å². The number of benzene rings is 1. The second kappa shape index (κ2) is 6.76. The topological polar surface area (TPSA) is 52.7 Å². The van der Waals surface area contributed by atoms with E-state index >= 15 is 0 Å². The lowest BCUT2D eigenvalue weighted by Crippen LogP contribution is -2.57. The van der Waals surface area contributed by atoms with Crippen molar-refractivity contribution < 1.29 is 9.59 Å². The number of likely N-dealkylation sites (tertiary alicyclic amines) is 1. The molecule has 2 unspecified atom stereocenters. The lowest BCUT2D eigenvalue weighted by molar-refractivity contribution is -0.140. The number of carbonyl (C=O) groups is 2. The van der Waals surface area contributed by atoms with E-state index in [-0.39, 0.29) is 23.8 Å². The van der Waals surface area contributed by atoms with Crippen molar-refractivity contribution in [1.82, 2.24) is 15.1 Å². The van der Waals surface area contributed by atoms with E-state index in [4.69, 9.17) is 0 Å². The van der Waals surface area contributed by atoms with E-state index in [0.29, 0.717) is 13.1 Å². The molecule has 128 valence electrons. The molecule has 0 bridgehead atoms. The summed E-state index contributed by atoms with van der Waals surface area (Å²) in [6, 6.07) is 8.42. The van der Waals surface area contributed by atoms with Crippen molar-refractivity contribution in [3.8, 4) is 0 Å². The molecule has 4 rings (SSSR count). The van der Waals surface area contributed by atoms with Crippen LogP contribution < -0.4 is 5.32 Å². The second-order valence-electron chi connectivity index (χ2n) is 6.75. The molecule has 0 aromatic heterocycles. The van der Waals surface area contributed by atoms with Crippen molar-refractivity contribution in [1.29, 1.82) is 0 Å². The van der Waals surface area contributed by atoms with Crippen LogP contribution in [0, 0.1) is 0 Å². The molecule has 3 aliphatic heterocycles. The monoisotopic (exact) mass is 345 g/mol. The van der Waals surface area contributed by atoms with Gasteiger partial charge in [-0.05, 0) is 24.5 Å². The normalized spacial score (nSPS) is 27.2. The van der Waals surface area contributed by atoms with Crippen LogP contribution in [0.25, 0.3) is 0 Å². The molecule has 0 radical (unpaired) electrons. The summed E-state index contributed by atoms with van der Waals surface area (Å²) < 4.78 is 0. The molecule has 24 heavy (non-hydrogen) atoms. The summed E-state index contributed by atoms with van der Waals surface area (Å²) in [5, 5.41) is 3.12. The Balaban J connectivity index is 1.46. The first-order valence-electron chi connectivity index (χ1n) is 8.75. The van der Waals surface area contributed by atoms with E-state index in [9.17, 15) is 9.59 Å². The van der Waals surface area contributed by atoms with Gasteiger partial charge in [0.1, 0.15) is 0 Å². The molecule has 1 aromatic rings. The molecule has 2 amide bonds. The fraction of sp³-hybridized carbons (Fsp3) is 0.556. The van der Waals surface area contributed by atoms with Crippen molar-refractivity contribution in [3.63, 3.8) is 0 Å². The van der Waals surface area contributed by atoms with Crippen LogP contribution in [0.15, 0.2) is 29.2 Å². The number of nitrogens with zero attached hydrogens (tertiary/aromatic N) is 2. The maximum atomic E-state index is 13.1. The van der Waals surface area contributed by atoms with Gasteiger partial charge in [-0.25, -0.2) is 0 Å². The average molecular weight is 345 g/mol. The maximum absolute atomic E-state index is 13.1. The first-order chi connectivity index (χ1) is 11.7. The number of nitrogens with one attached hydrogen (secondary N) is 1. The molecule has 0 saturated carbocycles. The number of rotatable bonds is 2. The fourth-order valence-electron chi connectivity index (χ4n) is 4.00. The van der Waals surface area contributed by atoms with Crippen molar-refractivity contribution in [2.45, 2.75) is 29.7 Å². The third-order valence-corrected chi connectivity index (χ3v) is 6.46. The molecule has 3 aliphatic rings. The predicted molar refractivity (Wildman–Crippen MR) is 94.1 cm³/mol. The minimum atomic E-state index is -0.0244. The van der Waals surface area contributed by atoms with Gasteiger partial charge in [0, 0.05) is 42.9 Å². The van der Waals surface area contributed by atoms with Crippen molar-refractivity contribution in [2.75, 3.05) is 38.5 Å². The quantitative estimate of drug-likeness (QED) is 0.878. The fourth-order valence-corrected chi connectivity index (χ4v) is 5.22. The molecule has 3 heterocycles. The van der Waals surface area contributed by atoms with E-state index < -0.39 is 0 Å². The summed E-state index contributed by atoms with van der Waals surface area (Å²) in [6.45, 7) is 3.54. The Kier molecular flexibility index (Phi) is 4.50. The van der Waals surface area contributed by atoms with Crippen LogP contribution in [-0.2, 0) is 9.59 Å². The van der Waals surface area contributed by atoms with Gasteiger partial charge < -0.3 is 15.1 Å². The number of carbonyl (C=O) groups excluding carboxylic acids is 2. The number of amides is 2. The lowest BCUT2D eigenvalue weighted by Gasteiger charge is -2.41. The molecule has 2 atom stereocenters. The summed E-state index contributed by atoms with van der Waals surface area (Å²) in [6.07, 6.45) is 1.99. The zero-order chi connectivity index (χ0) is 16.5. The highest BCUT2D eigenvalue weighted by atomic mass is 32.2. The van der Waals surface area contributed by atoms with Crippen LogP contribution in [0.1, 0.15) is 24.3 Å². The molecule has 2 fully saturated rings. The molecular weight excluding hydrogens is 322 g/mol. The summed E-state index contributed by atoms with van der Waals surface area (Å²) in [4.78, 5) is 30.4. The Morgan fingerprint density at radius 3 is 3.00 bits per heavy atom. The lowest BCUT2D eigenvalue weighted by atomic mass is 9.97. The minimum absolute atomic E-state index is 0.0244. The summed E-state index contributed by atoms with van der Waals surface area (Å²) >= 11 is 1.78. The Morgan fingerprint density at radius 1 is 1.25 bits per heavy atom. The number of hydrogen-bond donors (Lipinski definition) is 1.